The van der Waals surface area contributed by atoms with Gasteiger partial charge in [-0.1, -0.05) is 60.2 Å². The van der Waals surface area contributed by atoms with E-state index in [0.717, 1.165) is 47.4 Å². The Morgan fingerprint density at radius 2 is 1.63 bits per heavy atom. The molecule has 0 saturated heterocycles. The molecule has 0 N–H and O–H groups in total. The normalized spacial score (nSPS) is 16.1. The van der Waals surface area contributed by atoms with E-state index in [9.17, 15) is 13.2 Å². The Balaban J connectivity index is 1.57. The minimum absolute atomic E-state index is 0.0401. The molecule has 0 saturated carbocycles. The van der Waals surface area contributed by atoms with E-state index >= 15 is 0 Å². The minimum Gasteiger partial charge on any atom is -0.489 e. The van der Waals surface area contributed by atoms with Gasteiger partial charge in [0.25, 0.3) is 0 Å². The predicted octanol–water partition coefficient (Wildman–Crippen LogP) is 6.23. The van der Waals surface area contributed by atoms with Crippen LogP contribution in [0.1, 0.15) is 22.3 Å². The number of hydrogen-bond donors (Lipinski definition) is 0. The second-order valence-electron chi connectivity index (χ2n) is 7.00. The fraction of sp³-hybridized carbons (Fsp3) is 0.217. The monoisotopic (exact) mass is 368 g/mol. The maximum atomic E-state index is 12.8. The summed E-state index contributed by atoms with van der Waals surface area (Å²) in [6, 6.07) is 19.5. The molecule has 3 aromatic carbocycles. The summed E-state index contributed by atoms with van der Waals surface area (Å²) in [5.41, 5.74) is 4.47. The molecule has 1 nitrogen and oxygen atoms in total. The number of benzene rings is 3. The Bertz CT molecular complexity index is 941. The van der Waals surface area contributed by atoms with E-state index in [1.807, 2.05) is 18.2 Å². The fourth-order valence-electron chi connectivity index (χ4n) is 3.51. The Morgan fingerprint density at radius 3 is 2.30 bits per heavy atom. The molecule has 4 rings (SSSR count). The van der Waals surface area contributed by atoms with E-state index in [2.05, 4.69) is 31.2 Å². The first-order chi connectivity index (χ1) is 12.9. The van der Waals surface area contributed by atoms with Crippen LogP contribution in [0.4, 0.5) is 13.2 Å². The SMILES string of the molecule is Cc1ccc(CC2Cc3cccc(-c4ccc(C(F)(F)F)cc4)c3O2)cc1. The second-order valence-corrected chi connectivity index (χ2v) is 7.00. The quantitative estimate of drug-likeness (QED) is 0.533. The summed E-state index contributed by atoms with van der Waals surface area (Å²) in [6.07, 6.45) is -2.68. The first-order valence-electron chi connectivity index (χ1n) is 8.92. The molecule has 0 radical (unpaired) electrons. The number of hydrogen-bond acceptors (Lipinski definition) is 1. The third-order valence-corrected chi connectivity index (χ3v) is 4.94. The Morgan fingerprint density at radius 1 is 0.926 bits per heavy atom. The number of rotatable bonds is 3. The van der Waals surface area contributed by atoms with E-state index in [1.54, 1.807) is 0 Å². The molecule has 1 aliphatic rings. The molecule has 3 aromatic rings. The third kappa shape index (κ3) is 3.70. The zero-order valence-corrected chi connectivity index (χ0v) is 14.9. The van der Waals surface area contributed by atoms with Gasteiger partial charge in [0.1, 0.15) is 11.9 Å². The van der Waals surface area contributed by atoms with Crippen LogP contribution in [0.2, 0.25) is 0 Å². The molecular weight excluding hydrogens is 349 g/mol. The van der Waals surface area contributed by atoms with Crippen molar-refractivity contribution in [2.75, 3.05) is 0 Å². The highest BCUT2D eigenvalue weighted by Crippen LogP contribution is 2.40. The molecule has 0 spiro atoms. The van der Waals surface area contributed by atoms with Crippen molar-refractivity contribution in [1.82, 2.24) is 0 Å². The largest absolute Gasteiger partial charge is 0.489 e. The smallest absolute Gasteiger partial charge is 0.416 e. The van der Waals surface area contributed by atoms with E-state index in [4.69, 9.17) is 4.74 Å². The zero-order chi connectivity index (χ0) is 19.0. The highest BCUT2D eigenvalue weighted by Gasteiger charge is 2.30. The average molecular weight is 368 g/mol. The molecule has 27 heavy (non-hydrogen) atoms. The van der Waals surface area contributed by atoms with Crippen molar-refractivity contribution < 1.29 is 17.9 Å². The molecular formula is C23H19F3O. The van der Waals surface area contributed by atoms with Crippen molar-refractivity contribution in [2.24, 2.45) is 0 Å². The average Bonchev–Trinajstić information content (AvgIpc) is 3.05. The Kier molecular flexibility index (Phi) is 4.42. The highest BCUT2D eigenvalue weighted by atomic mass is 19.4. The summed E-state index contributed by atoms with van der Waals surface area (Å²) in [7, 11) is 0. The van der Waals surface area contributed by atoms with Crippen molar-refractivity contribution >= 4 is 0 Å². The van der Waals surface area contributed by atoms with Gasteiger partial charge >= 0.3 is 6.18 Å². The summed E-state index contributed by atoms with van der Waals surface area (Å²) in [5.74, 6) is 0.786. The Labute approximate surface area is 156 Å². The van der Waals surface area contributed by atoms with Crippen molar-refractivity contribution in [3.05, 3.63) is 89.0 Å². The van der Waals surface area contributed by atoms with Gasteiger partial charge in [-0.2, -0.15) is 13.2 Å². The molecule has 1 aliphatic heterocycles. The van der Waals surface area contributed by atoms with Crippen molar-refractivity contribution in [3.63, 3.8) is 0 Å². The van der Waals surface area contributed by atoms with Crippen LogP contribution in [0.25, 0.3) is 11.1 Å². The number of fused-ring (bicyclic) bond motifs is 1. The number of ether oxygens (including phenoxy) is 1. The molecule has 0 fully saturated rings. The van der Waals surface area contributed by atoms with Crippen molar-refractivity contribution in [2.45, 2.75) is 32.0 Å². The lowest BCUT2D eigenvalue weighted by atomic mass is 9.98. The number of aryl methyl sites for hydroxylation is 1. The first kappa shape index (κ1) is 17.7. The Hall–Kier alpha value is -2.75. The maximum Gasteiger partial charge on any atom is 0.416 e. The van der Waals surface area contributed by atoms with Crippen molar-refractivity contribution in [3.8, 4) is 16.9 Å². The summed E-state index contributed by atoms with van der Waals surface area (Å²) in [5, 5.41) is 0. The van der Waals surface area contributed by atoms with E-state index in [0.29, 0.717) is 0 Å². The van der Waals surface area contributed by atoms with Gasteiger partial charge in [-0.25, -0.2) is 0 Å². The maximum absolute atomic E-state index is 12.8. The standard InChI is InChI=1S/C23H19F3O/c1-15-5-7-16(8-6-15)13-20-14-18-3-2-4-21(22(18)27-20)17-9-11-19(12-10-17)23(24,25)26/h2-12,20H,13-14H2,1H3. The highest BCUT2D eigenvalue weighted by molar-refractivity contribution is 5.73. The molecule has 0 aromatic heterocycles. The van der Waals surface area contributed by atoms with Crippen LogP contribution in [0, 0.1) is 6.92 Å². The molecule has 1 heterocycles. The van der Waals surface area contributed by atoms with E-state index in [1.165, 1.54) is 23.3 Å². The number of halogens is 3. The molecule has 0 amide bonds. The molecule has 1 atom stereocenters. The summed E-state index contributed by atoms with van der Waals surface area (Å²) < 4.78 is 44.6. The van der Waals surface area contributed by atoms with Crippen molar-refractivity contribution in [1.29, 1.82) is 0 Å². The second kappa shape index (κ2) is 6.76. The van der Waals surface area contributed by atoms with E-state index in [-0.39, 0.29) is 6.10 Å². The summed E-state index contributed by atoms with van der Waals surface area (Å²) in [4.78, 5) is 0. The summed E-state index contributed by atoms with van der Waals surface area (Å²) >= 11 is 0. The number of alkyl halides is 3. The van der Waals surface area contributed by atoms with Crippen LogP contribution in [0.3, 0.4) is 0 Å². The van der Waals surface area contributed by atoms with Crippen LogP contribution >= 0.6 is 0 Å². The van der Waals surface area contributed by atoms with Crippen LogP contribution < -0.4 is 4.74 Å². The molecule has 138 valence electrons. The van der Waals surface area contributed by atoms with Gasteiger partial charge in [-0.15, -0.1) is 0 Å². The van der Waals surface area contributed by atoms with Gasteiger partial charge in [-0.05, 0) is 35.7 Å². The number of para-hydroxylation sites is 1. The van der Waals surface area contributed by atoms with Crippen LogP contribution in [-0.2, 0) is 19.0 Å². The van der Waals surface area contributed by atoms with Gasteiger partial charge in [0.2, 0.25) is 0 Å². The molecule has 0 bridgehead atoms. The molecule has 0 aliphatic carbocycles. The molecule has 4 heteroatoms. The first-order valence-corrected chi connectivity index (χ1v) is 8.92. The van der Waals surface area contributed by atoms with Crippen LogP contribution in [-0.4, -0.2) is 6.10 Å². The van der Waals surface area contributed by atoms with E-state index < -0.39 is 11.7 Å². The van der Waals surface area contributed by atoms with Crippen LogP contribution in [0.5, 0.6) is 5.75 Å². The fourth-order valence-corrected chi connectivity index (χ4v) is 3.51. The summed E-state index contributed by atoms with van der Waals surface area (Å²) in [6.45, 7) is 2.06. The lowest BCUT2D eigenvalue weighted by Gasteiger charge is -2.13. The zero-order valence-electron chi connectivity index (χ0n) is 14.9. The van der Waals surface area contributed by atoms with Gasteiger partial charge in [0, 0.05) is 18.4 Å². The predicted molar refractivity (Wildman–Crippen MR) is 99.9 cm³/mol. The van der Waals surface area contributed by atoms with Gasteiger partial charge in [-0.3, -0.25) is 0 Å². The lowest BCUT2D eigenvalue weighted by Crippen LogP contribution is -2.16. The van der Waals surface area contributed by atoms with Crippen LogP contribution in [0.15, 0.2) is 66.7 Å². The topological polar surface area (TPSA) is 9.23 Å². The van der Waals surface area contributed by atoms with Gasteiger partial charge in [0.05, 0.1) is 5.56 Å². The van der Waals surface area contributed by atoms with Gasteiger partial charge < -0.3 is 4.74 Å². The third-order valence-electron chi connectivity index (χ3n) is 4.94. The molecule has 1 unspecified atom stereocenters. The minimum atomic E-state index is -4.33. The van der Waals surface area contributed by atoms with Gasteiger partial charge in [0.15, 0.2) is 0 Å². The lowest BCUT2D eigenvalue weighted by molar-refractivity contribution is -0.137.